The molecule has 1 amide bonds. The lowest BCUT2D eigenvalue weighted by atomic mass is 9.99. The van der Waals surface area contributed by atoms with Crippen LogP contribution in [0.1, 0.15) is 25.8 Å². The summed E-state index contributed by atoms with van der Waals surface area (Å²) in [4.78, 5) is 22.9. The molecule has 1 aromatic rings. The number of benzene rings is 1. The van der Waals surface area contributed by atoms with Crippen molar-refractivity contribution in [2.45, 2.75) is 32.1 Å². The summed E-state index contributed by atoms with van der Waals surface area (Å²) in [6.07, 6.45) is 0.717. The van der Waals surface area contributed by atoms with E-state index >= 15 is 0 Å². The van der Waals surface area contributed by atoms with Crippen molar-refractivity contribution in [1.29, 1.82) is 0 Å². The molecule has 0 saturated carbocycles. The van der Waals surface area contributed by atoms with Crippen LogP contribution in [0.15, 0.2) is 30.3 Å². The monoisotopic (exact) mass is 295 g/mol. The molecule has 0 fully saturated rings. The highest BCUT2D eigenvalue weighted by Crippen LogP contribution is 2.12. The molecule has 5 heteroatoms. The van der Waals surface area contributed by atoms with E-state index in [0.29, 0.717) is 6.42 Å². The van der Waals surface area contributed by atoms with Crippen LogP contribution >= 0.6 is 11.8 Å². The first-order valence-electron chi connectivity index (χ1n) is 6.68. The second-order valence-electron chi connectivity index (χ2n) is 4.75. The Morgan fingerprint density at radius 2 is 1.95 bits per heavy atom. The van der Waals surface area contributed by atoms with Gasteiger partial charge in [0.15, 0.2) is 0 Å². The molecule has 0 aliphatic rings. The maximum atomic E-state index is 11.8. The molecule has 0 saturated heterocycles. The fraction of sp³-hybridized carbons (Fsp3) is 0.467. The van der Waals surface area contributed by atoms with Crippen LogP contribution in [0.25, 0.3) is 0 Å². The van der Waals surface area contributed by atoms with Gasteiger partial charge in [-0.25, -0.2) is 4.79 Å². The van der Waals surface area contributed by atoms with E-state index in [1.807, 2.05) is 44.2 Å². The summed E-state index contributed by atoms with van der Waals surface area (Å²) in [5.41, 5.74) is 1.15. The normalized spacial score (nSPS) is 13.5. The topological polar surface area (TPSA) is 66.4 Å². The van der Waals surface area contributed by atoms with E-state index in [1.54, 1.807) is 0 Å². The predicted molar refractivity (Wildman–Crippen MR) is 81.6 cm³/mol. The number of rotatable bonds is 8. The molecule has 0 bridgehead atoms. The average molecular weight is 295 g/mol. The standard InChI is InChI=1S/C15H21NO3S/c1-3-11(2)14(15(18)19)16-13(17)10-20-9-12-7-5-4-6-8-12/h4-8,11,14H,3,9-10H2,1-2H3,(H,16,17)(H,18,19)/t11?,14-/m0/s1. The van der Waals surface area contributed by atoms with Crippen LogP contribution < -0.4 is 5.32 Å². The van der Waals surface area contributed by atoms with Crippen LogP contribution in [0.2, 0.25) is 0 Å². The van der Waals surface area contributed by atoms with Gasteiger partial charge in [0.25, 0.3) is 0 Å². The zero-order valence-corrected chi connectivity index (χ0v) is 12.7. The second kappa shape index (κ2) is 8.64. The number of carboxylic acid groups (broad SMARTS) is 1. The van der Waals surface area contributed by atoms with Crippen LogP contribution in [0.5, 0.6) is 0 Å². The van der Waals surface area contributed by atoms with E-state index in [0.717, 1.165) is 11.3 Å². The van der Waals surface area contributed by atoms with E-state index < -0.39 is 12.0 Å². The smallest absolute Gasteiger partial charge is 0.326 e. The van der Waals surface area contributed by atoms with Gasteiger partial charge in [-0.3, -0.25) is 4.79 Å². The number of carbonyl (C=O) groups excluding carboxylic acids is 1. The van der Waals surface area contributed by atoms with E-state index in [9.17, 15) is 9.59 Å². The quantitative estimate of drug-likeness (QED) is 0.773. The minimum atomic E-state index is -0.972. The van der Waals surface area contributed by atoms with Gasteiger partial charge in [-0.05, 0) is 11.5 Å². The van der Waals surface area contributed by atoms with Crippen molar-refractivity contribution in [1.82, 2.24) is 5.32 Å². The van der Waals surface area contributed by atoms with E-state index in [4.69, 9.17) is 5.11 Å². The van der Waals surface area contributed by atoms with E-state index in [2.05, 4.69) is 5.32 Å². The number of hydrogen-bond acceptors (Lipinski definition) is 3. The highest BCUT2D eigenvalue weighted by Gasteiger charge is 2.24. The third kappa shape index (κ3) is 5.65. The van der Waals surface area contributed by atoms with Crippen LogP contribution in [-0.2, 0) is 15.3 Å². The SMILES string of the molecule is CCC(C)[C@H](NC(=O)CSCc1ccccc1)C(=O)O. The van der Waals surface area contributed by atoms with Crippen molar-refractivity contribution in [3.05, 3.63) is 35.9 Å². The zero-order valence-electron chi connectivity index (χ0n) is 11.8. The Bertz CT molecular complexity index is 436. The average Bonchev–Trinajstić information content (AvgIpc) is 2.45. The van der Waals surface area contributed by atoms with Gasteiger partial charge in [0.2, 0.25) is 5.91 Å². The molecular formula is C15H21NO3S. The van der Waals surface area contributed by atoms with Crippen LogP contribution in [0.3, 0.4) is 0 Å². The number of carboxylic acids is 1. The molecule has 0 spiro atoms. The van der Waals surface area contributed by atoms with Crippen molar-refractivity contribution < 1.29 is 14.7 Å². The van der Waals surface area contributed by atoms with Crippen molar-refractivity contribution in [3.63, 3.8) is 0 Å². The number of amides is 1. The number of hydrogen-bond donors (Lipinski definition) is 2. The number of carbonyl (C=O) groups is 2. The summed E-state index contributed by atoms with van der Waals surface area (Å²) in [7, 11) is 0. The van der Waals surface area contributed by atoms with Crippen molar-refractivity contribution >= 4 is 23.6 Å². The van der Waals surface area contributed by atoms with Crippen molar-refractivity contribution in [2.24, 2.45) is 5.92 Å². The lowest BCUT2D eigenvalue weighted by Gasteiger charge is -2.19. The van der Waals surface area contributed by atoms with E-state index in [1.165, 1.54) is 11.8 Å². The molecule has 1 unspecified atom stereocenters. The molecule has 4 nitrogen and oxygen atoms in total. The van der Waals surface area contributed by atoms with Gasteiger partial charge in [0.1, 0.15) is 6.04 Å². The lowest BCUT2D eigenvalue weighted by molar-refractivity contribution is -0.143. The largest absolute Gasteiger partial charge is 0.480 e. The second-order valence-corrected chi connectivity index (χ2v) is 5.73. The number of thioether (sulfide) groups is 1. The lowest BCUT2D eigenvalue weighted by Crippen LogP contribution is -2.45. The first-order chi connectivity index (χ1) is 9.54. The third-order valence-electron chi connectivity index (χ3n) is 3.14. The summed E-state index contributed by atoms with van der Waals surface area (Å²) >= 11 is 1.48. The van der Waals surface area contributed by atoms with Gasteiger partial charge in [-0.2, -0.15) is 0 Å². The highest BCUT2D eigenvalue weighted by atomic mass is 32.2. The first-order valence-corrected chi connectivity index (χ1v) is 7.84. The molecule has 20 heavy (non-hydrogen) atoms. The summed E-state index contributed by atoms with van der Waals surface area (Å²) < 4.78 is 0. The first kappa shape index (κ1) is 16.6. The minimum absolute atomic E-state index is 0.0735. The molecule has 0 aliphatic heterocycles. The summed E-state index contributed by atoms with van der Waals surface area (Å²) in [5, 5.41) is 11.7. The summed E-state index contributed by atoms with van der Waals surface area (Å²) in [6.45, 7) is 3.74. The summed E-state index contributed by atoms with van der Waals surface area (Å²) in [6, 6.07) is 9.07. The van der Waals surface area contributed by atoms with Crippen LogP contribution in [-0.4, -0.2) is 28.8 Å². The third-order valence-corrected chi connectivity index (χ3v) is 4.14. The van der Waals surface area contributed by atoms with Crippen LogP contribution in [0, 0.1) is 5.92 Å². The van der Waals surface area contributed by atoms with Gasteiger partial charge in [0, 0.05) is 5.75 Å². The van der Waals surface area contributed by atoms with E-state index in [-0.39, 0.29) is 17.6 Å². The molecule has 1 aromatic carbocycles. The Hall–Kier alpha value is -1.49. The van der Waals surface area contributed by atoms with Gasteiger partial charge in [0.05, 0.1) is 5.75 Å². The molecule has 0 heterocycles. The van der Waals surface area contributed by atoms with Gasteiger partial charge in [-0.15, -0.1) is 11.8 Å². The fourth-order valence-electron chi connectivity index (χ4n) is 1.73. The predicted octanol–water partition coefficient (Wildman–Crippen LogP) is 2.54. The maximum absolute atomic E-state index is 11.8. The number of nitrogens with one attached hydrogen (secondary N) is 1. The van der Waals surface area contributed by atoms with Crippen molar-refractivity contribution in [3.8, 4) is 0 Å². The minimum Gasteiger partial charge on any atom is -0.480 e. The van der Waals surface area contributed by atoms with Crippen molar-refractivity contribution in [2.75, 3.05) is 5.75 Å². The molecular weight excluding hydrogens is 274 g/mol. The Morgan fingerprint density at radius 1 is 1.30 bits per heavy atom. The van der Waals surface area contributed by atoms with Crippen LogP contribution in [0.4, 0.5) is 0 Å². The molecule has 1 rings (SSSR count). The van der Waals surface area contributed by atoms with Gasteiger partial charge >= 0.3 is 5.97 Å². The Morgan fingerprint density at radius 3 is 2.50 bits per heavy atom. The summed E-state index contributed by atoms with van der Waals surface area (Å²) in [5.74, 6) is -0.250. The Labute approximate surface area is 124 Å². The maximum Gasteiger partial charge on any atom is 0.326 e. The Kier molecular flexibility index (Phi) is 7.15. The number of aliphatic carboxylic acids is 1. The molecule has 0 aliphatic carbocycles. The zero-order chi connectivity index (χ0) is 15.0. The molecule has 0 aromatic heterocycles. The Balaban J connectivity index is 2.37. The highest BCUT2D eigenvalue weighted by molar-refractivity contribution is 7.99. The molecule has 0 radical (unpaired) electrons. The van der Waals surface area contributed by atoms with Gasteiger partial charge in [-0.1, -0.05) is 50.6 Å². The molecule has 110 valence electrons. The fourth-order valence-corrected chi connectivity index (χ4v) is 2.53. The molecule has 2 N–H and O–H groups in total. The molecule has 2 atom stereocenters. The van der Waals surface area contributed by atoms with Gasteiger partial charge < -0.3 is 10.4 Å².